The average Bonchev–Trinajstić information content (AvgIpc) is 2.85. The zero-order valence-corrected chi connectivity index (χ0v) is 10.4. The van der Waals surface area contributed by atoms with E-state index in [4.69, 9.17) is 11.6 Å². The molecule has 3 rings (SSSR count). The van der Waals surface area contributed by atoms with E-state index in [1.54, 1.807) is 24.3 Å². The van der Waals surface area contributed by atoms with Crippen molar-refractivity contribution in [3.63, 3.8) is 0 Å². The monoisotopic (exact) mass is 299 g/mol. The smallest absolute Gasteiger partial charge is 0.205 e. The van der Waals surface area contributed by atoms with E-state index in [0.717, 1.165) is 10.6 Å². The molecule has 0 atom stereocenters. The Morgan fingerprint density at radius 2 is 1.80 bits per heavy atom. The molecule has 0 aliphatic carbocycles. The fraction of sp³-hybridized carbons (Fsp3) is 0.0909. The van der Waals surface area contributed by atoms with E-state index < -0.39 is 11.9 Å². The molecule has 3 aromatic rings. The average molecular weight is 300 g/mol. The Morgan fingerprint density at radius 3 is 2.45 bits per heavy atom. The zero-order valence-electron chi connectivity index (χ0n) is 9.63. The van der Waals surface area contributed by atoms with E-state index in [1.165, 1.54) is 0 Å². The SMILES string of the molecule is FC(F)(F)c1cc(-c2ccc(Cl)cc2)n2nnnc2n1. The molecule has 0 N–H and O–H groups in total. The van der Waals surface area contributed by atoms with Crippen molar-refractivity contribution >= 4 is 17.4 Å². The highest BCUT2D eigenvalue weighted by atomic mass is 35.5. The normalized spacial score (nSPS) is 12.0. The second kappa shape index (κ2) is 4.41. The van der Waals surface area contributed by atoms with Crippen LogP contribution in [0.2, 0.25) is 5.02 Å². The van der Waals surface area contributed by atoms with E-state index in [9.17, 15) is 13.2 Å². The number of rotatable bonds is 1. The molecule has 5 nitrogen and oxygen atoms in total. The minimum atomic E-state index is -4.57. The van der Waals surface area contributed by atoms with Crippen molar-refractivity contribution in [3.05, 3.63) is 41.0 Å². The van der Waals surface area contributed by atoms with Crippen molar-refractivity contribution in [1.82, 2.24) is 25.0 Å². The van der Waals surface area contributed by atoms with Crippen LogP contribution in [0.15, 0.2) is 30.3 Å². The molecule has 0 unspecified atom stereocenters. The summed E-state index contributed by atoms with van der Waals surface area (Å²) in [6, 6.07) is 7.20. The van der Waals surface area contributed by atoms with Gasteiger partial charge < -0.3 is 0 Å². The molecule has 0 radical (unpaired) electrons. The lowest BCUT2D eigenvalue weighted by molar-refractivity contribution is -0.141. The molecule has 1 aromatic carbocycles. The molecule has 20 heavy (non-hydrogen) atoms. The second-order valence-corrected chi connectivity index (χ2v) is 4.36. The molecule has 9 heteroatoms. The summed E-state index contributed by atoms with van der Waals surface area (Å²) in [5, 5.41) is 10.9. The molecule has 0 aliphatic rings. The maximum atomic E-state index is 12.8. The van der Waals surface area contributed by atoms with Crippen LogP contribution < -0.4 is 0 Å². The summed E-state index contributed by atoms with van der Waals surface area (Å²) in [5.74, 6) is -0.218. The lowest BCUT2D eigenvalue weighted by Gasteiger charge is -2.09. The molecule has 0 saturated heterocycles. The summed E-state index contributed by atoms with van der Waals surface area (Å²) in [6.07, 6.45) is -4.57. The van der Waals surface area contributed by atoms with Gasteiger partial charge in [0.2, 0.25) is 0 Å². The summed E-state index contributed by atoms with van der Waals surface area (Å²) >= 11 is 5.76. The standard InChI is InChI=1S/C11H5ClF3N5/c12-7-3-1-6(2-4-7)8-5-9(11(13,14)15)16-10-17-18-19-20(8)10/h1-5H. The fourth-order valence-corrected chi connectivity index (χ4v) is 1.84. The van der Waals surface area contributed by atoms with Gasteiger partial charge in [-0.05, 0) is 28.6 Å². The van der Waals surface area contributed by atoms with Crippen LogP contribution >= 0.6 is 11.6 Å². The molecular weight excluding hydrogens is 295 g/mol. The first-order chi connectivity index (χ1) is 9.45. The van der Waals surface area contributed by atoms with Crippen LogP contribution in [0.1, 0.15) is 5.69 Å². The molecule has 0 spiro atoms. The van der Waals surface area contributed by atoms with E-state index in [0.29, 0.717) is 10.6 Å². The fourth-order valence-electron chi connectivity index (χ4n) is 1.71. The van der Waals surface area contributed by atoms with Gasteiger partial charge in [0.15, 0.2) is 5.69 Å². The number of tetrazole rings is 1. The molecule has 102 valence electrons. The number of fused-ring (bicyclic) bond motifs is 1. The summed E-state index contributed by atoms with van der Waals surface area (Å²) in [6.45, 7) is 0. The van der Waals surface area contributed by atoms with Gasteiger partial charge in [0.05, 0.1) is 5.69 Å². The Hall–Kier alpha value is -2.22. The molecule has 2 heterocycles. The Kier molecular flexibility index (Phi) is 2.82. The van der Waals surface area contributed by atoms with Crippen LogP contribution in [0.25, 0.3) is 17.0 Å². The maximum Gasteiger partial charge on any atom is 0.433 e. The molecule has 0 saturated carbocycles. The van der Waals surface area contributed by atoms with Crippen LogP contribution in [-0.4, -0.2) is 25.0 Å². The molecular formula is C11H5ClF3N5. The van der Waals surface area contributed by atoms with Crippen molar-refractivity contribution in [2.75, 3.05) is 0 Å². The number of hydrogen-bond acceptors (Lipinski definition) is 4. The predicted molar refractivity (Wildman–Crippen MR) is 64.0 cm³/mol. The molecule has 0 fully saturated rings. The lowest BCUT2D eigenvalue weighted by Crippen LogP contribution is -2.11. The highest BCUT2D eigenvalue weighted by Gasteiger charge is 2.34. The summed E-state index contributed by atoms with van der Waals surface area (Å²) < 4.78 is 39.6. The van der Waals surface area contributed by atoms with E-state index in [-0.39, 0.29) is 11.5 Å². The second-order valence-electron chi connectivity index (χ2n) is 3.92. The first kappa shape index (κ1) is 12.8. The van der Waals surface area contributed by atoms with E-state index in [1.807, 2.05) is 0 Å². The Balaban J connectivity index is 2.27. The van der Waals surface area contributed by atoms with Crippen LogP contribution in [-0.2, 0) is 6.18 Å². The summed E-state index contributed by atoms with van der Waals surface area (Å²) in [7, 11) is 0. The Labute approximate surface area is 115 Å². The number of benzene rings is 1. The van der Waals surface area contributed by atoms with Crippen molar-refractivity contribution < 1.29 is 13.2 Å². The minimum absolute atomic E-state index is 0.184. The van der Waals surface area contributed by atoms with E-state index >= 15 is 0 Å². The third-order valence-corrected chi connectivity index (χ3v) is 2.86. The van der Waals surface area contributed by atoms with Gasteiger partial charge in [-0.15, -0.1) is 0 Å². The number of aromatic nitrogens is 5. The lowest BCUT2D eigenvalue weighted by atomic mass is 10.1. The Bertz CT molecular complexity index is 766. The first-order valence-corrected chi connectivity index (χ1v) is 5.75. The molecule has 2 aromatic heterocycles. The van der Waals surface area contributed by atoms with Crippen LogP contribution in [0.4, 0.5) is 13.2 Å². The molecule has 0 bridgehead atoms. The Morgan fingerprint density at radius 1 is 1.10 bits per heavy atom. The van der Waals surface area contributed by atoms with Gasteiger partial charge in [-0.2, -0.15) is 17.7 Å². The zero-order chi connectivity index (χ0) is 14.3. The summed E-state index contributed by atoms with van der Waals surface area (Å²) in [4.78, 5) is 3.39. The minimum Gasteiger partial charge on any atom is -0.205 e. The van der Waals surface area contributed by atoms with Crippen LogP contribution in [0, 0.1) is 0 Å². The largest absolute Gasteiger partial charge is 0.433 e. The number of halogens is 4. The summed E-state index contributed by atoms with van der Waals surface area (Å²) in [5.41, 5.74) is -0.367. The van der Waals surface area contributed by atoms with Crippen molar-refractivity contribution in [3.8, 4) is 11.3 Å². The van der Waals surface area contributed by atoms with Crippen LogP contribution in [0.5, 0.6) is 0 Å². The van der Waals surface area contributed by atoms with Crippen molar-refractivity contribution in [2.24, 2.45) is 0 Å². The molecule has 0 aliphatic heterocycles. The van der Waals surface area contributed by atoms with Gasteiger partial charge in [0, 0.05) is 10.6 Å². The van der Waals surface area contributed by atoms with Gasteiger partial charge in [-0.1, -0.05) is 28.8 Å². The van der Waals surface area contributed by atoms with Gasteiger partial charge in [-0.25, -0.2) is 4.98 Å². The highest BCUT2D eigenvalue weighted by Crippen LogP contribution is 2.31. The van der Waals surface area contributed by atoms with Crippen molar-refractivity contribution in [2.45, 2.75) is 6.18 Å². The number of nitrogens with zero attached hydrogens (tertiary/aromatic N) is 5. The van der Waals surface area contributed by atoms with Crippen molar-refractivity contribution in [1.29, 1.82) is 0 Å². The quantitative estimate of drug-likeness (QED) is 0.693. The van der Waals surface area contributed by atoms with Gasteiger partial charge in [-0.3, -0.25) is 0 Å². The first-order valence-electron chi connectivity index (χ1n) is 5.37. The van der Waals surface area contributed by atoms with Gasteiger partial charge in [0.1, 0.15) is 0 Å². The molecule has 0 amide bonds. The van der Waals surface area contributed by atoms with Gasteiger partial charge in [0.25, 0.3) is 5.78 Å². The van der Waals surface area contributed by atoms with E-state index in [2.05, 4.69) is 20.5 Å². The topological polar surface area (TPSA) is 56.0 Å². The third-order valence-electron chi connectivity index (χ3n) is 2.61. The predicted octanol–water partition coefficient (Wildman–Crippen LogP) is 2.86. The highest BCUT2D eigenvalue weighted by molar-refractivity contribution is 6.30. The number of hydrogen-bond donors (Lipinski definition) is 0. The van der Waals surface area contributed by atoms with Crippen LogP contribution in [0.3, 0.4) is 0 Å². The van der Waals surface area contributed by atoms with Gasteiger partial charge >= 0.3 is 6.18 Å². The number of alkyl halides is 3. The third kappa shape index (κ3) is 2.18. The maximum absolute atomic E-state index is 12.8.